The van der Waals surface area contributed by atoms with Crippen LogP contribution in [0.5, 0.6) is 5.75 Å². The summed E-state index contributed by atoms with van der Waals surface area (Å²) < 4.78 is 13.2. The SMILES string of the molecule is NC(=O)C1CC(C(=O)N2CCC(c3ccc(O)cc3)CC2)=NN1c1ccc(F)cc1. The number of aromatic hydroxyl groups is 1. The molecule has 2 amide bonds. The lowest BCUT2D eigenvalue weighted by Crippen LogP contribution is -2.42. The maximum absolute atomic E-state index is 13.2. The number of rotatable bonds is 4. The predicted molar refractivity (Wildman–Crippen MR) is 111 cm³/mol. The molecule has 2 aromatic carbocycles. The molecule has 3 N–H and O–H groups in total. The molecule has 4 rings (SSSR count). The minimum atomic E-state index is -0.774. The van der Waals surface area contributed by atoms with Crippen LogP contribution in [-0.4, -0.2) is 46.7 Å². The molecule has 2 aliphatic heterocycles. The van der Waals surface area contributed by atoms with Crippen LogP contribution in [0.1, 0.15) is 30.7 Å². The second-order valence-electron chi connectivity index (χ2n) is 7.65. The molecule has 0 aliphatic carbocycles. The quantitative estimate of drug-likeness (QED) is 0.808. The number of primary amides is 1. The Labute approximate surface area is 173 Å². The van der Waals surface area contributed by atoms with Crippen molar-refractivity contribution in [2.45, 2.75) is 31.2 Å². The molecule has 0 radical (unpaired) electrons. The van der Waals surface area contributed by atoms with Gasteiger partial charge in [0.15, 0.2) is 0 Å². The van der Waals surface area contributed by atoms with E-state index in [9.17, 15) is 19.1 Å². The number of carbonyl (C=O) groups is 2. The molecule has 30 heavy (non-hydrogen) atoms. The Morgan fingerprint density at radius 2 is 1.67 bits per heavy atom. The number of carbonyl (C=O) groups excluding carboxylic acids is 2. The van der Waals surface area contributed by atoms with Crippen LogP contribution >= 0.6 is 0 Å². The predicted octanol–water partition coefficient (Wildman–Crippen LogP) is 2.36. The van der Waals surface area contributed by atoms with Crippen LogP contribution in [0.4, 0.5) is 10.1 Å². The molecule has 156 valence electrons. The number of phenols is 1. The molecule has 0 aromatic heterocycles. The average molecular weight is 410 g/mol. The number of likely N-dealkylation sites (tertiary alicyclic amines) is 1. The van der Waals surface area contributed by atoms with E-state index in [1.807, 2.05) is 12.1 Å². The summed E-state index contributed by atoms with van der Waals surface area (Å²) in [5, 5.41) is 15.2. The van der Waals surface area contributed by atoms with Crippen molar-refractivity contribution in [3.63, 3.8) is 0 Å². The van der Waals surface area contributed by atoms with E-state index in [0.717, 1.165) is 18.4 Å². The fourth-order valence-corrected chi connectivity index (χ4v) is 4.04. The maximum Gasteiger partial charge on any atom is 0.270 e. The van der Waals surface area contributed by atoms with E-state index >= 15 is 0 Å². The summed E-state index contributed by atoms with van der Waals surface area (Å²) in [6, 6.07) is 12.0. The number of phenolic OH excluding ortho intramolecular Hbond substituents is 1. The highest BCUT2D eigenvalue weighted by molar-refractivity contribution is 6.40. The minimum absolute atomic E-state index is 0.128. The Balaban J connectivity index is 1.45. The van der Waals surface area contributed by atoms with Gasteiger partial charge in [-0.15, -0.1) is 0 Å². The molecule has 1 saturated heterocycles. The van der Waals surface area contributed by atoms with E-state index in [4.69, 9.17) is 5.73 Å². The van der Waals surface area contributed by atoms with Gasteiger partial charge in [-0.1, -0.05) is 12.1 Å². The van der Waals surface area contributed by atoms with E-state index in [0.29, 0.717) is 24.7 Å². The summed E-state index contributed by atoms with van der Waals surface area (Å²) in [4.78, 5) is 26.7. The van der Waals surface area contributed by atoms with Gasteiger partial charge < -0.3 is 15.7 Å². The number of hydrogen-bond acceptors (Lipinski definition) is 5. The number of halogens is 1. The molecule has 2 heterocycles. The lowest BCUT2D eigenvalue weighted by atomic mass is 9.89. The molecule has 2 aromatic rings. The standard InChI is InChI=1S/C22H23FN4O3/c23-16-3-5-17(6-4-16)27-20(21(24)29)13-19(25-27)22(30)26-11-9-15(10-12-26)14-1-7-18(28)8-2-14/h1-8,15,20,28H,9-13H2,(H2,24,29). The largest absolute Gasteiger partial charge is 0.508 e. The van der Waals surface area contributed by atoms with Crippen molar-refractivity contribution in [3.05, 3.63) is 59.9 Å². The van der Waals surface area contributed by atoms with Crippen LogP contribution in [0, 0.1) is 5.82 Å². The molecule has 1 fully saturated rings. The Bertz CT molecular complexity index is 967. The van der Waals surface area contributed by atoms with E-state index in [1.54, 1.807) is 17.0 Å². The first-order valence-corrected chi connectivity index (χ1v) is 9.92. The number of benzene rings is 2. The summed E-state index contributed by atoms with van der Waals surface area (Å²) in [6.07, 6.45) is 1.75. The van der Waals surface area contributed by atoms with Crippen LogP contribution in [0.25, 0.3) is 0 Å². The van der Waals surface area contributed by atoms with Gasteiger partial charge in [0.1, 0.15) is 23.3 Å². The van der Waals surface area contributed by atoms with Gasteiger partial charge in [-0.3, -0.25) is 14.6 Å². The normalized spacial score (nSPS) is 19.6. The third-order valence-corrected chi connectivity index (χ3v) is 5.72. The fraction of sp³-hybridized carbons (Fsp3) is 0.318. The van der Waals surface area contributed by atoms with Crippen LogP contribution in [-0.2, 0) is 9.59 Å². The van der Waals surface area contributed by atoms with Crippen LogP contribution < -0.4 is 10.7 Å². The van der Waals surface area contributed by atoms with Gasteiger partial charge in [0.2, 0.25) is 5.91 Å². The number of anilines is 1. The number of hydrogen-bond donors (Lipinski definition) is 2. The van der Waals surface area contributed by atoms with E-state index in [2.05, 4.69) is 5.10 Å². The zero-order chi connectivity index (χ0) is 21.3. The molecule has 1 unspecified atom stereocenters. The number of nitrogens with two attached hydrogens (primary N) is 1. The third-order valence-electron chi connectivity index (χ3n) is 5.72. The molecule has 1 atom stereocenters. The van der Waals surface area contributed by atoms with E-state index in [-0.39, 0.29) is 23.8 Å². The van der Waals surface area contributed by atoms with E-state index in [1.165, 1.54) is 29.3 Å². The first-order valence-electron chi connectivity index (χ1n) is 9.92. The van der Waals surface area contributed by atoms with Crippen LogP contribution in [0.3, 0.4) is 0 Å². The fourth-order valence-electron chi connectivity index (χ4n) is 4.04. The highest BCUT2D eigenvalue weighted by atomic mass is 19.1. The van der Waals surface area contributed by atoms with Crippen molar-refractivity contribution >= 4 is 23.2 Å². The first-order chi connectivity index (χ1) is 14.4. The van der Waals surface area contributed by atoms with E-state index < -0.39 is 17.8 Å². The number of nitrogens with zero attached hydrogens (tertiary/aromatic N) is 3. The molecule has 0 spiro atoms. The summed E-state index contributed by atoms with van der Waals surface area (Å²) in [6.45, 7) is 1.17. The third kappa shape index (κ3) is 3.98. The van der Waals surface area contributed by atoms with Gasteiger partial charge in [-0.05, 0) is 60.7 Å². The van der Waals surface area contributed by atoms with Gasteiger partial charge in [0.25, 0.3) is 5.91 Å². The Morgan fingerprint density at radius 1 is 1.03 bits per heavy atom. The zero-order valence-corrected chi connectivity index (χ0v) is 16.4. The first kappa shape index (κ1) is 19.9. The number of piperidine rings is 1. The van der Waals surface area contributed by atoms with Crippen molar-refractivity contribution in [2.75, 3.05) is 18.1 Å². The van der Waals surface area contributed by atoms with Crippen LogP contribution in [0.15, 0.2) is 53.6 Å². The van der Waals surface area contributed by atoms with Crippen molar-refractivity contribution in [1.29, 1.82) is 0 Å². The van der Waals surface area contributed by atoms with Crippen LogP contribution in [0.2, 0.25) is 0 Å². The minimum Gasteiger partial charge on any atom is -0.508 e. The number of amides is 2. The van der Waals surface area contributed by atoms with Crippen molar-refractivity contribution in [2.24, 2.45) is 10.8 Å². The van der Waals surface area contributed by atoms with Gasteiger partial charge >= 0.3 is 0 Å². The van der Waals surface area contributed by atoms with Crippen molar-refractivity contribution < 1.29 is 19.1 Å². The molecule has 0 bridgehead atoms. The molecular formula is C22H23FN4O3. The molecule has 7 nitrogen and oxygen atoms in total. The highest BCUT2D eigenvalue weighted by Crippen LogP contribution is 2.30. The summed E-state index contributed by atoms with van der Waals surface area (Å²) in [7, 11) is 0. The Kier molecular flexibility index (Phi) is 5.39. The summed E-state index contributed by atoms with van der Waals surface area (Å²) in [5.41, 5.74) is 7.46. The maximum atomic E-state index is 13.2. The van der Waals surface area contributed by atoms with Gasteiger partial charge in [0, 0.05) is 19.5 Å². The molecule has 2 aliphatic rings. The van der Waals surface area contributed by atoms with Gasteiger partial charge in [-0.2, -0.15) is 5.10 Å². The highest BCUT2D eigenvalue weighted by Gasteiger charge is 2.37. The summed E-state index contributed by atoms with van der Waals surface area (Å²) in [5.74, 6) is -0.619. The summed E-state index contributed by atoms with van der Waals surface area (Å²) >= 11 is 0. The molecule has 0 saturated carbocycles. The molecule has 8 heteroatoms. The zero-order valence-electron chi connectivity index (χ0n) is 16.4. The topological polar surface area (TPSA) is 99.2 Å². The van der Waals surface area contributed by atoms with Gasteiger partial charge in [-0.25, -0.2) is 4.39 Å². The lowest BCUT2D eigenvalue weighted by Gasteiger charge is -2.32. The van der Waals surface area contributed by atoms with Crippen molar-refractivity contribution in [3.8, 4) is 5.75 Å². The smallest absolute Gasteiger partial charge is 0.270 e. The second-order valence-corrected chi connectivity index (χ2v) is 7.65. The van der Waals surface area contributed by atoms with Crippen molar-refractivity contribution in [1.82, 2.24) is 4.90 Å². The Morgan fingerprint density at radius 3 is 2.27 bits per heavy atom. The lowest BCUT2D eigenvalue weighted by molar-refractivity contribution is -0.125. The molecular weight excluding hydrogens is 387 g/mol. The number of hydrazone groups is 1. The second kappa shape index (κ2) is 8.14. The monoisotopic (exact) mass is 410 g/mol. The average Bonchev–Trinajstić information content (AvgIpc) is 3.20. The van der Waals surface area contributed by atoms with Gasteiger partial charge in [0.05, 0.1) is 5.69 Å². The Hall–Kier alpha value is -3.42.